The molecule has 1 aromatic heterocycles. The van der Waals surface area contributed by atoms with E-state index >= 15 is 0 Å². The van der Waals surface area contributed by atoms with Gasteiger partial charge in [0.15, 0.2) is 6.61 Å². The van der Waals surface area contributed by atoms with Crippen molar-refractivity contribution in [1.82, 2.24) is 9.88 Å². The quantitative estimate of drug-likeness (QED) is 0.505. The molecule has 2 aromatic carbocycles. The van der Waals surface area contributed by atoms with Gasteiger partial charge in [0, 0.05) is 54.3 Å². The van der Waals surface area contributed by atoms with Gasteiger partial charge in [0.25, 0.3) is 11.8 Å². The van der Waals surface area contributed by atoms with E-state index in [0.29, 0.717) is 22.4 Å². The maximum atomic E-state index is 13.8. The second-order valence-corrected chi connectivity index (χ2v) is 7.87. The van der Waals surface area contributed by atoms with Gasteiger partial charge in [0.05, 0.1) is 12.2 Å². The standard InChI is InChI=1S/C24H19F4N3O3/c1-30(2)22(32)14-3-6-16(7-4-14)31-12-19-17(23(31)33)9-10-29-21(19)18-8-5-15(25)11-20(18)34-13-24(26,27)28/h3-11H,12-13H2,1-2H3. The molecule has 2 heterocycles. The van der Waals surface area contributed by atoms with E-state index in [9.17, 15) is 27.2 Å². The summed E-state index contributed by atoms with van der Waals surface area (Å²) < 4.78 is 56.7. The Labute approximate surface area is 192 Å². The number of amides is 2. The summed E-state index contributed by atoms with van der Waals surface area (Å²) in [5, 5.41) is 0. The van der Waals surface area contributed by atoms with Crippen molar-refractivity contribution >= 4 is 17.5 Å². The summed E-state index contributed by atoms with van der Waals surface area (Å²) >= 11 is 0. The number of rotatable bonds is 5. The first-order valence-electron chi connectivity index (χ1n) is 10.2. The molecule has 0 aliphatic carbocycles. The van der Waals surface area contributed by atoms with E-state index in [1.165, 1.54) is 28.1 Å². The molecule has 2 amide bonds. The minimum absolute atomic E-state index is 0.0917. The summed E-state index contributed by atoms with van der Waals surface area (Å²) in [7, 11) is 3.26. The number of hydrogen-bond donors (Lipinski definition) is 0. The number of halogens is 4. The molecular formula is C24H19F4N3O3. The number of carbonyl (C=O) groups is 2. The minimum atomic E-state index is -4.61. The van der Waals surface area contributed by atoms with Gasteiger partial charge in [0.1, 0.15) is 11.6 Å². The average molecular weight is 473 g/mol. The lowest BCUT2D eigenvalue weighted by molar-refractivity contribution is -0.153. The number of anilines is 1. The summed E-state index contributed by atoms with van der Waals surface area (Å²) in [6.07, 6.45) is -3.24. The Hall–Kier alpha value is -3.95. The van der Waals surface area contributed by atoms with Crippen LogP contribution in [0.5, 0.6) is 5.75 Å². The highest BCUT2D eigenvalue weighted by Gasteiger charge is 2.33. The van der Waals surface area contributed by atoms with E-state index < -0.39 is 18.6 Å². The molecule has 0 radical (unpaired) electrons. The third kappa shape index (κ3) is 4.57. The van der Waals surface area contributed by atoms with Crippen molar-refractivity contribution in [2.75, 3.05) is 25.6 Å². The molecule has 0 fully saturated rings. The summed E-state index contributed by atoms with van der Waals surface area (Å²) in [5.74, 6) is -1.60. The van der Waals surface area contributed by atoms with Crippen molar-refractivity contribution in [3.05, 3.63) is 77.2 Å². The summed E-state index contributed by atoms with van der Waals surface area (Å²) in [4.78, 5) is 32.4. The summed E-state index contributed by atoms with van der Waals surface area (Å²) in [6, 6.07) is 11.2. The fourth-order valence-corrected chi connectivity index (χ4v) is 3.68. The number of hydrogen-bond acceptors (Lipinski definition) is 4. The molecule has 0 bridgehead atoms. The van der Waals surface area contributed by atoms with E-state index in [2.05, 4.69) is 4.98 Å². The van der Waals surface area contributed by atoms with Gasteiger partial charge in [-0.05, 0) is 42.5 Å². The van der Waals surface area contributed by atoms with Crippen molar-refractivity contribution in [2.45, 2.75) is 12.7 Å². The molecule has 4 rings (SSSR count). The van der Waals surface area contributed by atoms with Crippen molar-refractivity contribution in [1.29, 1.82) is 0 Å². The van der Waals surface area contributed by atoms with Crippen LogP contribution in [0.2, 0.25) is 0 Å². The molecule has 0 saturated heterocycles. The fourth-order valence-electron chi connectivity index (χ4n) is 3.68. The van der Waals surface area contributed by atoms with Crippen molar-refractivity contribution < 1.29 is 31.9 Å². The topological polar surface area (TPSA) is 62.7 Å². The van der Waals surface area contributed by atoms with Crippen molar-refractivity contribution in [2.24, 2.45) is 0 Å². The zero-order chi connectivity index (χ0) is 24.6. The van der Waals surface area contributed by atoms with Gasteiger partial charge in [-0.25, -0.2) is 4.39 Å². The molecular weight excluding hydrogens is 454 g/mol. The Bertz CT molecular complexity index is 1260. The zero-order valence-corrected chi connectivity index (χ0v) is 18.2. The lowest BCUT2D eigenvalue weighted by Gasteiger charge is -2.17. The molecule has 0 unspecified atom stereocenters. The van der Waals surface area contributed by atoms with Crippen LogP contribution in [0.25, 0.3) is 11.3 Å². The Morgan fingerprint density at radius 2 is 1.79 bits per heavy atom. The largest absolute Gasteiger partial charge is 0.483 e. The van der Waals surface area contributed by atoms with Crippen molar-refractivity contribution in [3.63, 3.8) is 0 Å². The van der Waals surface area contributed by atoms with Crippen molar-refractivity contribution in [3.8, 4) is 17.0 Å². The molecule has 0 saturated carbocycles. The van der Waals surface area contributed by atoms with E-state index in [1.54, 1.807) is 38.4 Å². The van der Waals surface area contributed by atoms with Gasteiger partial charge in [-0.2, -0.15) is 13.2 Å². The average Bonchev–Trinajstić information content (AvgIpc) is 3.13. The lowest BCUT2D eigenvalue weighted by Crippen LogP contribution is -2.24. The maximum Gasteiger partial charge on any atom is 0.422 e. The van der Waals surface area contributed by atoms with Gasteiger partial charge in [-0.1, -0.05) is 0 Å². The van der Waals surface area contributed by atoms with Gasteiger partial charge in [-0.15, -0.1) is 0 Å². The number of alkyl halides is 3. The first kappa shape index (κ1) is 23.2. The summed E-state index contributed by atoms with van der Waals surface area (Å²) in [5.41, 5.74) is 2.16. The molecule has 1 aliphatic rings. The van der Waals surface area contributed by atoms with E-state index in [0.717, 1.165) is 12.1 Å². The normalized spacial score (nSPS) is 13.1. The van der Waals surface area contributed by atoms with Crippen LogP contribution in [0.15, 0.2) is 54.7 Å². The SMILES string of the molecule is CN(C)C(=O)c1ccc(N2Cc3c(ccnc3-c3ccc(F)cc3OCC(F)(F)F)C2=O)cc1. The Morgan fingerprint density at radius 1 is 1.09 bits per heavy atom. The van der Waals surface area contributed by atoms with Crippen LogP contribution in [0.4, 0.5) is 23.2 Å². The number of carbonyl (C=O) groups excluding carboxylic acids is 2. The first-order chi connectivity index (χ1) is 16.0. The van der Waals surface area contributed by atoms with Gasteiger partial charge in [0.2, 0.25) is 0 Å². The Morgan fingerprint density at radius 3 is 2.44 bits per heavy atom. The smallest absolute Gasteiger partial charge is 0.422 e. The highest BCUT2D eigenvalue weighted by Crippen LogP contribution is 2.38. The lowest BCUT2D eigenvalue weighted by atomic mass is 10.0. The van der Waals surface area contributed by atoms with Crippen LogP contribution in [-0.4, -0.2) is 48.6 Å². The second-order valence-electron chi connectivity index (χ2n) is 7.87. The monoisotopic (exact) mass is 473 g/mol. The van der Waals surface area contributed by atoms with Crippen LogP contribution < -0.4 is 9.64 Å². The second kappa shape index (κ2) is 8.77. The summed E-state index contributed by atoms with van der Waals surface area (Å²) in [6.45, 7) is -1.50. The molecule has 1 aliphatic heterocycles. The molecule has 0 N–H and O–H groups in total. The molecule has 0 spiro atoms. The third-order valence-corrected chi connectivity index (χ3v) is 5.27. The number of aromatic nitrogens is 1. The van der Waals surface area contributed by atoms with Crippen LogP contribution >= 0.6 is 0 Å². The number of nitrogens with zero attached hydrogens (tertiary/aromatic N) is 3. The van der Waals surface area contributed by atoms with Gasteiger partial charge < -0.3 is 14.5 Å². The van der Waals surface area contributed by atoms with Crippen LogP contribution in [-0.2, 0) is 6.54 Å². The predicted molar refractivity (Wildman–Crippen MR) is 116 cm³/mol. The van der Waals surface area contributed by atoms with Crippen LogP contribution in [0.3, 0.4) is 0 Å². The predicted octanol–water partition coefficient (Wildman–Crippen LogP) is 4.69. The number of ether oxygens (including phenoxy) is 1. The number of benzene rings is 2. The maximum absolute atomic E-state index is 13.8. The molecule has 176 valence electrons. The van der Waals surface area contributed by atoms with Gasteiger partial charge >= 0.3 is 6.18 Å². The van der Waals surface area contributed by atoms with Gasteiger partial charge in [-0.3, -0.25) is 14.6 Å². The van der Waals surface area contributed by atoms with E-state index in [1.807, 2.05) is 0 Å². The first-order valence-corrected chi connectivity index (χ1v) is 10.2. The zero-order valence-electron chi connectivity index (χ0n) is 18.2. The van der Waals surface area contributed by atoms with Crippen LogP contribution in [0.1, 0.15) is 26.3 Å². The molecule has 6 nitrogen and oxygen atoms in total. The Kier molecular flexibility index (Phi) is 5.99. The highest BCUT2D eigenvalue weighted by molar-refractivity contribution is 6.11. The van der Waals surface area contributed by atoms with E-state index in [4.69, 9.17) is 4.74 Å². The molecule has 10 heteroatoms. The number of pyridine rings is 1. The fraction of sp³-hybridized carbons (Fsp3) is 0.208. The third-order valence-electron chi connectivity index (χ3n) is 5.27. The molecule has 0 atom stereocenters. The molecule has 3 aromatic rings. The van der Waals surface area contributed by atoms with Crippen LogP contribution in [0, 0.1) is 5.82 Å². The Balaban J connectivity index is 1.68. The number of fused-ring (bicyclic) bond motifs is 1. The molecule has 34 heavy (non-hydrogen) atoms. The highest BCUT2D eigenvalue weighted by atomic mass is 19.4. The minimum Gasteiger partial charge on any atom is -0.483 e. The van der Waals surface area contributed by atoms with E-state index in [-0.39, 0.29) is 35.4 Å².